The first-order valence-corrected chi connectivity index (χ1v) is 8.01. The van der Waals surface area contributed by atoms with E-state index < -0.39 is 0 Å². The maximum absolute atomic E-state index is 13.1. The van der Waals surface area contributed by atoms with Gasteiger partial charge in [-0.2, -0.15) is 0 Å². The van der Waals surface area contributed by atoms with Crippen LogP contribution in [0.4, 0.5) is 10.1 Å². The molecule has 2 aromatic rings. The summed E-state index contributed by atoms with van der Waals surface area (Å²) >= 11 is 11.0. The average Bonchev–Trinajstić information content (AvgIpc) is 2.38. The largest absolute Gasteiger partial charge is 0.379 e. The number of hydrogen-bond acceptors (Lipinski definition) is 2. The lowest BCUT2D eigenvalue weighted by Crippen LogP contribution is -2.01. The van der Waals surface area contributed by atoms with Crippen LogP contribution in [-0.2, 0) is 6.54 Å². The van der Waals surface area contributed by atoms with E-state index in [-0.39, 0.29) is 5.82 Å². The second kappa shape index (κ2) is 6.64. The summed E-state index contributed by atoms with van der Waals surface area (Å²) in [7, 11) is 0. The Morgan fingerprint density at radius 1 is 1.26 bits per heavy atom. The normalized spacial score (nSPS) is 10.5. The van der Waals surface area contributed by atoms with Gasteiger partial charge in [-0.05, 0) is 52.0 Å². The molecule has 0 fully saturated rings. The van der Waals surface area contributed by atoms with Gasteiger partial charge in [-0.15, -0.1) is 11.8 Å². The van der Waals surface area contributed by atoms with Crippen molar-refractivity contribution in [2.75, 3.05) is 11.6 Å². The molecule has 19 heavy (non-hydrogen) atoms. The topological polar surface area (TPSA) is 12.0 Å². The molecule has 0 aliphatic carbocycles. The molecular formula is C14H12BrClFNS. The molecule has 100 valence electrons. The first kappa shape index (κ1) is 14.7. The van der Waals surface area contributed by atoms with E-state index in [0.29, 0.717) is 21.7 Å². The Morgan fingerprint density at radius 2 is 1.95 bits per heavy atom. The monoisotopic (exact) mass is 359 g/mol. The Kier molecular flexibility index (Phi) is 5.13. The quantitative estimate of drug-likeness (QED) is 0.715. The fourth-order valence-corrected chi connectivity index (χ4v) is 3.01. The van der Waals surface area contributed by atoms with E-state index in [9.17, 15) is 4.39 Å². The van der Waals surface area contributed by atoms with Gasteiger partial charge in [-0.1, -0.05) is 23.7 Å². The van der Waals surface area contributed by atoms with E-state index in [1.54, 1.807) is 11.8 Å². The first-order valence-electron chi connectivity index (χ1n) is 5.61. The van der Waals surface area contributed by atoms with Crippen molar-refractivity contribution < 1.29 is 4.39 Å². The maximum atomic E-state index is 13.1. The third-order valence-corrected chi connectivity index (χ3v) is 4.30. The highest BCUT2D eigenvalue weighted by atomic mass is 79.9. The van der Waals surface area contributed by atoms with E-state index in [1.165, 1.54) is 17.0 Å². The molecule has 0 saturated heterocycles. The molecule has 0 unspecified atom stereocenters. The predicted octanol–water partition coefficient (Wildman–Crippen LogP) is 5.58. The lowest BCUT2D eigenvalue weighted by molar-refractivity contribution is 0.627. The molecule has 0 saturated carbocycles. The van der Waals surface area contributed by atoms with Crippen LogP contribution in [0.3, 0.4) is 0 Å². The Hall–Kier alpha value is -0.710. The van der Waals surface area contributed by atoms with Gasteiger partial charge in [0.05, 0.1) is 10.7 Å². The van der Waals surface area contributed by atoms with Crippen LogP contribution in [0.5, 0.6) is 0 Å². The minimum Gasteiger partial charge on any atom is -0.379 e. The second-order valence-electron chi connectivity index (χ2n) is 3.95. The van der Waals surface area contributed by atoms with Crippen LogP contribution in [-0.4, -0.2) is 6.26 Å². The van der Waals surface area contributed by atoms with Crippen molar-refractivity contribution in [2.45, 2.75) is 11.4 Å². The Bertz CT molecular complexity index is 551. The smallest absolute Gasteiger partial charge is 0.125 e. The number of hydrogen-bond donors (Lipinski definition) is 1. The summed E-state index contributed by atoms with van der Waals surface area (Å²) in [5.74, 6) is -0.355. The molecule has 2 rings (SSSR count). The fourth-order valence-electron chi connectivity index (χ4n) is 1.64. The summed E-state index contributed by atoms with van der Waals surface area (Å²) in [6.45, 7) is 0.638. The van der Waals surface area contributed by atoms with Crippen LogP contribution in [0.1, 0.15) is 5.56 Å². The summed E-state index contributed by atoms with van der Waals surface area (Å²) in [5, 5.41) is 3.58. The highest BCUT2D eigenvalue weighted by molar-refractivity contribution is 9.10. The number of halogens is 3. The molecule has 0 aromatic heterocycles. The van der Waals surface area contributed by atoms with E-state index in [0.717, 1.165) is 5.56 Å². The van der Waals surface area contributed by atoms with E-state index in [2.05, 4.69) is 45.5 Å². The summed E-state index contributed by atoms with van der Waals surface area (Å²) in [6, 6.07) is 11.0. The van der Waals surface area contributed by atoms with Crippen molar-refractivity contribution in [3.05, 3.63) is 57.3 Å². The van der Waals surface area contributed by atoms with Gasteiger partial charge in [0.15, 0.2) is 0 Å². The van der Waals surface area contributed by atoms with Crippen LogP contribution in [0.25, 0.3) is 0 Å². The van der Waals surface area contributed by atoms with Gasteiger partial charge in [0.1, 0.15) is 5.82 Å². The van der Waals surface area contributed by atoms with Gasteiger partial charge < -0.3 is 5.32 Å². The molecule has 0 bridgehead atoms. The molecule has 0 amide bonds. The molecule has 1 N–H and O–H groups in total. The highest BCUT2D eigenvalue weighted by Gasteiger charge is 2.07. The van der Waals surface area contributed by atoms with Crippen LogP contribution in [0, 0.1) is 5.82 Å². The first-order chi connectivity index (χ1) is 9.10. The zero-order valence-corrected chi connectivity index (χ0v) is 13.4. The van der Waals surface area contributed by atoms with Crippen LogP contribution in [0.15, 0.2) is 45.8 Å². The van der Waals surface area contributed by atoms with Gasteiger partial charge >= 0.3 is 0 Å². The lowest BCUT2D eigenvalue weighted by atomic mass is 10.2. The number of anilines is 1. The van der Waals surface area contributed by atoms with Crippen molar-refractivity contribution in [3.8, 4) is 0 Å². The average molecular weight is 361 g/mol. The van der Waals surface area contributed by atoms with Crippen molar-refractivity contribution in [1.29, 1.82) is 0 Å². The summed E-state index contributed by atoms with van der Waals surface area (Å²) in [6.07, 6.45) is 2.04. The number of nitrogens with one attached hydrogen (secondary N) is 1. The lowest BCUT2D eigenvalue weighted by Gasteiger charge is -2.11. The van der Waals surface area contributed by atoms with Gasteiger partial charge in [-0.3, -0.25) is 0 Å². The van der Waals surface area contributed by atoms with E-state index in [4.69, 9.17) is 11.6 Å². The Balaban J connectivity index is 2.10. The van der Waals surface area contributed by atoms with Gasteiger partial charge in [0.2, 0.25) is 0 Å². The number of thioether (sulfide) groups is 1. The Morgan fingerprint density at radius 3 is 2.53 bits per heavy atom. The molecule has 0 spiro atoms. The molecule has 0 radical (unpaired) electrons. The van der Waals surface area contributed by atoms with Crippen molar-refractivity contribution in [1.82, 2.24) is 0 Å². The molecule has 0 atom stereocenters. The second-order valence-corrected chi connectivity index (χ2v) is 6.09. The van der Waals surface area contributed by atoms with Crippen molar-refractivity contribution >= 4 is 45.0 Å². The Labute approximate surface area is 129 Å². The highest BCUT2D eigenvalue weighted by Crippen LogP contribution is 2.32. The number of benzene rings is 2. The van der Waals surface area contributed by atoms with Gasteiger partial charge in [0, 0.05) is 15.9 Å². The van der Waals surface area contributed by atoms with Crippen molar-refractivity contribution in [2.24, 2.45) is 0 Å². The number of rotatable bonds is 4. The van der Waals surface area contributed by atoms with E-state index >= 15 is 0 Å². The van der Waals surface area contributed by atoms with Gasteiger partial charge in [-0.25, -0.2) is 4.39 Å². The molecule has 5 heteroatoms. The minimum atomic E-state index is -0.355. The third kappa shape index (κ3) is 3.88. The predicted molar refractivity (Wildman–Crippen MR) is 84.7 cm³/mol. The van der Waals surface area contributed by atoms with Crippen LogP contribution in [0.2, 0.25) is 5.02 Å². The maximum Gasteiger partial charge on any atom is 0.125 e. The minimum absolute atomic E-state index is 0.355. The van der Waals surface area contributed by atoms with Gasteiger partial charge in [0.25, 0.3) is 0 Å². The zero-order chi connectivity index (χ0) is 13.8. The van der Waals surface area contributed by atoms with E-state index in [1.807, 2.05) is 6.26 Å². The fraction of sp³-hybridized carbons (Fsp3) is 0.143. The summed E-state index contributed by atoms with van der Waals surface area (Å²) in [4.78, 5) is 1.23. The van der Waals surface area contributed by atoms with Crippen molar-refractivity contribution in [3.63, 3.8) is 0 Å². The summed E-state index contributed by atoms with van der Waals surface area (Å²) in [5.41, 5.74) is 1.85. The zero-order valence-electron chi connectivity index (χ0n) is 10.2. The molecular weight excluding hydrogens is 349 g/mol. The molecule has 0 aliphatic rings. The molecule has 0 heterocycles. The van der Waals surface area contributed by atoms with Crippen LogP contribution < -0.4 is 5.32 Å². The molecule has 2 aromatic carbocycles. The SMILES string of the molecule is CSc1ccc(CNc2c(Cl)cc(F)cc2Br)cc1. The standard InChI is InChI=1S/C14H12BrClFNS/c1-19-11-4-2-9(3-5-11)8-18-14-12(15)6-10(17)7-13(14)16/h2-7,18H,8H2,1H3. The molecule has 0 aliphatic heterocycles. The third-order valence-electron chi connectivity index (χ3n) is 2.64. The summed E-state index contributed by atoms with van der Waals surface area (Å²) < 4.78 is 13.7. The molecule has 1 nitrogen and oxygen atoms in total. The van der Waals surface area contributed by atoms with Crippen LogP contribution >= 0.6 is 39.3 Å².